The van der Waals surface area contributed by atoms with Gasteiger partial charge in [-0.3, -0.25) is 9.13 Å². The van der Waals surface area contributed by atoms with Crippen molar-refractivity contribution in [3.05, 3.63) is 88.0 Å². The van der Waals surface area contributed by atoms with Crippen molar-refractivity contribution in [1.29, 1.82) is 0 Å². The van der Waals surface area contributed by atoms with E-state index in [-0.39, 0.29) is 22.7 Å². The average Bonchev–Trinajstić information content (AvgIpc) is 3.38. The summed E-state index contributed by atoms with van der Waals surface area (Å²) in [6.07, 6.45) is 1.71. The molecule has 2 aromatic carbocycles. The molecule has 0 saturated carbocycles. The number of carbonyl (C=O) groups is 1. The number of halogens is 2. The molecule has 0 atom stereocenters. The molecule has 0 aliphatic carbocycles. The largest absolute Gasteiger partial charge is 0.443 e. The zero-order chi connectivity index (χ0) is 26.5. The monoisotopic (exact) mass is 503 g/mol. The van der Waals surface area contributed by atoms with Gasteiger partial charge in [-0.2, -0.15) is 9.55 Å². The standard InChI is InChI=1S/C25H19F2N7O3/c1-25(2,3)37-24(36)34-20-11-29-22(33-13-30-18-9-8-14(28-4)10-19(18)33)31-21(20)32(23(34)35)12-15-16(26)6-5-7-17(15)27/h5-11,13H,12H2,1-3H3. The molecule has 10 nitrogen and oxygen atoms in total. The zero-order valence-electron chi connectivity index (χ0n) is 19.9. The molecule has 0 aliphatic heterocycles. The van der Waals surface area contributed by atoms with E-state index >= 15 is 0 Å². The van der Waals surface area contributed by atoms with Crippen molar-refractivity contribution < 1.29 is 18.3 Å². The number of benzene rings is 2. The van der Waals surface area contributed by atoms with E-state index < -0.39 is 35.6 Å². The van der Waals surface area contributed by atoms with E-state index in [1.165, 1.54) is 23.2 Å². The second kappa shape index (κ2) is 8.63. The lowest BCUT2D eigenvalue weighted by Gasteiger charge is -2.19. The highest BCUT2D eigenvalue weighted by Gasteiger charge is 2.26. The Balaban J connectivity index is 1.75. The minimum atomic E-state index is -0.985. The van der Waals surface area contributed by atoms with Crippen molar-refractivity contribution in [2.24, 2.45) is 0 Å². The summed E-state index contributed by atoms with van der Waals surface area (Å²) in [6, 6.07) is 8.26. The molecule has 5 rings (SSSR count). The maximum absolute atomic E-state index is 14.5. The van der Waals surface area contributed by atoms with Crippen LogP contribution in [0, 0.1) is 18.2 Å². The van der Waals surface area contributed by atoms with Gasteiger partial charge in [0.25, 0.3) is 0 Å². The molecule has 0 amide bonds. The van der Waals surface area contributed by atoms with Gasteiger partial charge in [0.15, 0.2) is 11.3 Å². The Morgan fingerprint density at radius 2 is 1.84 bits per heavy atom. The second-order valence-corrected chi connectivity index (χ2v) is 9.16. The van der Waals surface area contributed by atoms with Crippen molar-refractivity contribution in [2.75, 3.05) is 0 Å². The lowest BCUT2D eigenvalue weighted by molar-refractivity contribution is 0.0537. The van der Waals surface area contributed by atoms with Crippen molar-refractivity contribution in [3.8, 4) is 5.95 Å². The Labute approximate surface area is 208 Å². The predicted octanol–water partition coefficient (Wildman–Crippen LogP) is 4.59. The number of rotatable bonds is 3. The molecule has 186 valence electrons. The van der Waals surface area contributed by atoms with Crippen LogP contribution in [0.15, 0.2) is 53.7 Å². The normalized spacial score (nSPS) is 11.7. The topological polar surface area (TPSA) is 101 Å². The summed E-state index contributed by atoms with van der Waals surface area (Å²) >= 11 is 0. The third kappa shape index (κ3) is 4.20. The molecule has 0 unspecified atom stereocenters. The van der Waals surface area contributed by atoms with Gasteiger partial charge in [-0.05, 0) is 45.0 Å². The summed E-state index contributed by atoms with van der Waals surface area (Å²) < 4.78 is 37.6. The van der Waals surface area contributed by atoms with E-state index in [0.29, 0.717) is 16.7 Å². The number of fused-ring (bicyclic) bond motifs is 2. The summed E-state index contributed by atoms with van der Waals surface area (Å²) in [6.45, 7) is 11.7. The highest BCUT2D eigenvalue weighted by atomic mass is 19.1. The summed E-state index contributed by atoms with van der Waals surface area (Å²) in [4.78, 5) is 42.8. The van der Waals surface area contributed by atoms with Gasteiger partial charge in [-0.1, -0.05) is 12.1 Å². The maximum Gasteiger partial charge on any atom is 0.423 e. The lowest BCUT2D eigenvalue weighted by Crippen LogP contribution is -2.34. The number of hydrogen-bond donors (Lipinski definition) is 0. The van der Waals surface area contributed by atoms with Crippen molar-refractivity contribution in [1.82, 2.24) is 28.7 Å². The molecular weight excluding hydrogens is 484 g/mol. The van der Waals surface area contributed by atoms with Gasteiger partial charge in [-0.25, -0.2) is 33.2 Å². The Morgan fingerprint density at radius 3 is 2.51 bits per heavy atom. The lowest BCUT2D eigenvalue weighted by atomic mass is 10.2. The smallest absolute Gasteiger partial charge is 0.423 e. The van der Waals surface area contributed by atoms with Crippen LogP contribution in [0.4, 0.5) is 19.3 Å². The molecule has 0 N–H and O–H groups in total. The quantitative estimate of drug-likeness (QED) is 0.334. The van der Waals surface area contributed by atoms with Crippen LogP contribution in [0.3, 0.4) is 0 Å². The van der Waals surface area contributed by atoms with Gasteiger partial charge in [0.1, 0.15) is 29.1 Å². The molecule has 12 heteroatoms. The van der Waals surface area contributed by atoms with Gasteiger partial charge in [-0.15, -0.1) is 0 Å². The zero-order valence-corrected chi connectivity index (χ0v) is 19.9. The molecule has 0 radical (unpaired) electrons. The van der Waals surface area contributed by atoms with E-state index in [2.05, 4.69) is 19.8 Å². The van der Waals surface area contributed by atoms with Gasteiger partial charge in [0.2, 0.25) is 5.95 Å². The van der Waals surface area contributed by atoms with Crippen LogP contribution in [-0.2, 0) is 11.3 Å². The first-order valence-corrected chi connectivity index (χ1v) is 11.1. The van der Waals surface area contributed by atoms with Crippen LogP contribution < -0.4 is 5.69 Å². The molecule has 3 heterocycles. The predicted molar refractivity (Wildman–Crippen MR) is 130 cm³/mol. The summed E-state index contributed by atoms with van der Waals surface area (Å²) in [7, 11) is 0. The summed E-state index contributed by atoms with van der Waals surface area (Å²) in [5.41, 5.74) is -0.760. The molecular formula is C25H19F2N7O3. The molecule has 3 aromatic heterocycles. The fraction of sp³-hybridized carbons (Fsp3) is 0.200. The van der Waals surface area contributed by atoms with Crippen LogP contribution in [-0.4, -0.2) is 40.3 Å². The number of carbonyl (C=O) groups excluding carboxylic acids is 1. The first-order chi connectivity index (χ1) is 17.6. The van der Waals surface area contributed by atoms with Crippen LogP contribution in [0.1, 0.15) is 26.3 Å². The van der Waals surface area contributed by atoms with E-state index in [4.69, 9.17) is 11.3 Å². The molecule has 5 aromatic rings. The highest BCUT2D eigenvalue weighted by molar-refractivity contribution is 5.85. The minimum absolute atomic E-state index is 0.00832. The van der Waals surface area contributed by atoms with Crippen LogP contribution in [0.2, 0.25) is 0 Å². The van der Waals surface area contributed by atoms with Gasteiger partial charge in [0, 0.05) is 5.56 Å². The fourth-order valence-corrected chi connectivity index (χ4v) is 3.84. The molecule has 0 fully saturated rings. The number of nitrogens with zero attached hydrogens (tertiary/aromatic N) is 7. The van der Waals surface area contributed by atoms with Gasteiger partial charge < -0.3 is 4.74 Å². The van der Waals surface area contributed by atoms with Crippen molar-refractivity contribution >= 4 is 34.0 Å². The third-order valence-electron chi connectivity index (χ3n) is 5.49. The number of hydrogen-bond acceptors (Lipinski definition) is 6. The molecule has 37 heavy (non-hydrogen) atoms. The fourth-order valence-electron chi connectivity index (χ4n) is 3.84. The molecule has 0 saturated heterocycles. The van der Waals surface area contributed by atoms with Gasteiger partial charge in [0.05, 0.1) is 30.3 Å². The summed E-state index contributed by atoms with van der Waals surface area (Å²) in [5.74, 6) is -1.64. The average molecular weight is 503 g/mol. The first kappa shape index (κ1) is 23.8. The Morgan fingerprint density at radius 1 is 1.11 bits per heavy atom. The molecule has 0 aliphatic rings. The van der Waals surface area contributed by atoms with Crippen LogP contribution in [0.25, 0.3) is 33.0 Å². The van der Waals surface area contributed by atoms with E-state index in [1.54, 1.807) is 39.0 Å². The minimum Gasteiger partial charge on any atom is -0.443 e. The highest BCUT2D eigenvalue weighted by Crippen LogP contribution is 2.24. The number of imidazole rings is 2. The SMILES string of the molecule is [C-]#[N+]c1ccc2ncn(-c3ncc4c(n3)n(Cc3c(F)cccc3F)c(=O)n4C(=O)OC(C)(C)C)c2c1. The third-order valence-corrected chi connectivity index (χ3v) is 5.49. The summed E-state index contributed by atoms with van der Waals surface area (Å²) in [5, 5.41) is 0. The maximum atomic E-state index is 14.5. The Bertz CT molecular complexity index is 1790. The molecule has 0 spiro atoms. The van der Waals surface area contributed by atoms with Crippen molar-refractivity contribution in [2.45, 2.75) is 32.9 Å². The van der Waals surface area contributed by atoms with E-state index in [0.717, 1.165) is 21.3 Å². The number of aromatic nitrogens is 6. The van der Waals surface area contributed by atoms with Crippen LogP contribution >= 0.6 is 0 Å². The number of ether oxygens (including phenoxy) is 1. The Kier molecular flexibility index (Phi) is 5.55. The van der Waals surface area contributed by atoms with E-state index in [9.17, 15) is 18.4 Å². The van der Waals surface area contributed by atoms with Gasteiger partial charge >= 0.3 is 11.8 Å². The Hall–Kier alpha value is -4.92. The first-order valence-electron chi connectivity index (χ1n) is 11.1. The molecule has 0 bridgehead atoms. The van der Waals surface area contributed by atoms with E-state index in [1.807, 2.05) is 0 Å². The second-order valence-electron chi connectivity index (χ2n) is 9.16. The van der Waals surface area contributed by atoms with Crippen LogP contribution in [0.5, 0.6) is 0 Å². The van der Waals surface area contributed by atoms with Crippen molar-refractivity contribution in [3.63, 3.8) is 0 Å².